The average Bonchev–Trinajstić information content (AvgIpc) is 2.92. The van der Waals surface area contributed by atoms with Crippen molar-refractivity contribution >= 4 is 15.8 Å². The van der Waals surface area contributed by atoms with E-state index < -0.39 is 0 Å². The van der Waals surface area contributed by atoms with Crippen LogP contribution in [0.15, 0.2) is 0 Å². The fourth-order valence-corrected chi connectivity index (χ4v) is 9.93. The first-order valence-electron chi connectivity index (χ1n) is 13.2. The van der Waals surface area contributed by atoms with Crippen LogP contribution in [0.2, 0.25) is 0 Å². The van der Waals surface area contributed by atoms with E-state index in [1.807, 2.05) is 0 Å². The van der Waals surface area contributed by atoms with Gasteiger partial charge in [-0.3, -0.25) is 0 Å². The Morgan fingerprint density at radius 2 is 0.457 bits per heavy atom. The van der Waals surface area contributed by atoms with Crippen LogP contribution in [0.3, 0.4) is 0 Å². The van der Waals surface area contributed by atoms with E-state index in [0.717, 1.165) is 0 Å². The summed E-state index contributed by atoms with van der Waals surface area (Å²) >= 11 is 0. The summed E-state index contributed by atoms with van der Waals surface area (Å²) < 4.78 is 30.0. The molecule has 0 rings (SSSR count). The summed E-state index contributed by atoms with van der Waals surface area (Å²) in [6, 6.07) is 0. The number of unbranched alkanes of at least 4 members (excludes halogenated alkanes) is 6. The first-order chi connectivity index (χ1) is 16.7. The predicted molar refractivity (Wildman–Crippen MR) is 151 cm³/mol. The van der Waals surface area contributed by atoms with Crippen molar-refractivity contribution in [2.45, 2.75) is 119 Å². The summed E-state index contributed by atoms with van der Waals surface area (Å²) in [4.78, 5) is 0. The van der Waals surface area contributed by atoms with Gasteiger partial charge in [-0.2, -0.15) is 0 Å². The summed E-state index contributed by atoms with van der Waals surface area (Å²) in [5.41, 5.74) is 0. The van der Waals surface area contributed by atoms with Crippen LogP contribution in [0.5, 0.6) is 0 Å². The number of hydrogen-bond donors (Lipinski definition) is 0. The molecule has 206 valence electrons. The number of hydrogen-bond acceptors (Lipinski definition) is 0. The Kier molecular flexibility index (Phi) is 95.5. The van der Waals surface area contributed by atoms with Crippen molar-refractivity contribution in [2.75, 3.05) is 37.0 Å². The van der Waals surface area contributed by atoms with Crippen molar-refractivity contribution in [3.05, 3.63) is 26.6 Å². The Hall–Kier alpha value is 0.352. The maximum Gasteiger partial charge on any atom is 0 e. The maximum atomic E-state index is 7.50. The minimum Gasteiger partial charge on any atom is 0 e. The van der Waals surface area contributed by atoms with Crippen molar-refractivity contribution in [3.63, 3.8) is 0 Å². The van der Waals surface area contributed by atoms with Gasteiger partial charge in [-0.15, -0.1) is 0 Å². The molecule has 0 bridgehead atoms. The monoisotopic (exact) mass is 570 g/mol. The van der Waals surface area contributed by atoms with Gasteiger partial charge in [-0.1, -0.05) is 80.1 Å². The van der Waals surface area contributed by atoms with Crippen LogP contribution in [0, 0.1) is 26.6 Å². The maximum absolute atomic E-state index is 7.50. The molecule has 0 saturated carbocycles. The molecule has 0 heterocycles. The standard InChI is InChI=1S/2C12H27P.4CO.Cr/c2*1-4-7-10-13(11-8-5-2)12-9-6-3;4*1-2;/h2*4-12H2,1-3H3;;;;;/p+2. The van der Waals surface area contributed by atoms with Gasteiger partial charge in [-0.25, -0.2) is 0 Å². The zero-order chi connectivity index (χ0) is 27.9. The summed E-state index contributed by atoms with van der Waals surface area (Å²) in [6.07, 6.45) is 26.8. The molecule has 7 heteroatoms. The minimum absolute atomic E-state index is 0. The van der Waals surface area contributed by atoms with Gasteiger partial charge in [0.1, 0.15) is 0 Å². The Balaban J connectivity index is -0.0000000679. The van der Waals surface area contributed by atoms with Gasteiger partial charge in [-0.05, 0) is 38.5 Å². The zero-order valence-corrected chi connectivity index (χ0v) is 27.0. The molecule has 0 aromatic rings. The molecule has 0 atom stereocenters. The van der Waals surface area contributed by atoms with E-state index in [4.69, 9.17) is 18.6 Å². The second-order valence-electron chi connectivity index (χ2n) is 8.12. The Labute approximate surface area is 233 Å². The molecule has 0 N–H and O–H groups in total. The molecule has 0 unspecified atom stereocenters. The van der Waals surface area contributed by atoms with Crippen LogP contribution in [0.25, 0.3) is 0 Å². The van der Waals surface area contributed by atoms with E-state index >= 15 is 0 Å². The summed E-state index contributed by atoms with van der Waals surface area (Å²) in [6.45, 7) is 31.9. The summed E-state index contributed by atoms with van der Waals surface area (Å²) in [5.74, 6) is 0. The summed E-state index contributed by atoms with van der Waals surface area (Å²) in [7, 11) is 0.135. The second kappa shape index (κ2) is 64.4. The third kappa shape index (κ3) is 60.6. The fourth-order valence-electron chi connectivity index (χ4n) is 3.31. The molecule has 0 saturated heterocycles. The minimum atomic E-state index is 0. The molecule has 0 aromatic heterocycles. The first kappa shape index (κ1) is 51.9. The fraction of sp³-hybridized carbons (Fsp3) is 0.857. The van der Waals surface area contributed by atoms with E-state index in [2.05, 4.69) is 68.1 Å². The SMILES string of the molecule is CCCC[PH+](CCCC)CCCC.CCCC[PH+](CCCC)CCCC.[C-]#[O+].[C-]#[O+].[C-]#[O+].[C-]#[O+].[Cr]. The Bertz CT molecular complexity index is 302. The molecular formula is C28H56CrO4P2+2. The van der Waals surface area contributed by atoms with Gasteiger partial charge < -0.3 is 0 Å². The molecule has 0 aliphatic rings. The molecule has 0 aromatic carbocycles. The molecule has 0 spiro atoms. The van der Waals surface area contributed by atoms with E-state index in [9.17, 15) is 0 Å². The predicted octanol–water partition coefficient (Wildman–Crippen LogP) is 9.05. The largest absolute Gasteiger partial charge is 0 e. The number of rotatable bonds is 18. The molecule has 0 amide bonds. The summed E-state index contributed by atoms with van der Waals surface area (Å²) in [5, 5.41) is 0. The first-order valence-corrected chi connectivity index (χ1v) is 17.4. The van der Waals surface area contributed by atoms with Gasteiger partial charge in [0.2, 0.25) is 0 Å². The van der Waals surface area contributed by atoms with Gasteiger partial charge in [0.15, 0.2) is 0 Å². The van der Waals surface area contributed by atoms with Gasteiger partial charge >= 0.3 is 45.2 Å². The van der Waals surface area contributed by atoms with Crippen molar-refractivity contribution in [1.29, 1.82) is 0 Å². The third-order valence-electron chi connectivity index (χ3n) is 5.30. The van der Waals surface area contributed by atoms with Crippen molar-refractivity contribution in [1.82, 2.24) is 0 Å². The van der Waals surface area contributed by atoms with Crippen LogP contribution in [0.4, 0.5) is 0 Å². The molecule has 0 radical (unpaired) electrons. The molecule has 0 aliphatic heterocycles. The molecule has 35 heavy (non-hydrogen) atoms. The quantitative estimate of drug-likeness (QED) is 0.0895. The average molecular weight is 571 g/mol. The van der Waals surface area contributed by atoms with Crippen LogP contribution in [0.1, 0.15) is 119 Å². The van der Waals surface area contributed by atoms with E-state index in [1.54, 1.807) is 37.0 Å². The van der Waals surface area contributed by atoms with Crippen LogP contribution in [-0.4, -0.2) is 37.0 Å². The zero-order valence-electron chi connectivity index (χ0n) is 23.8. The van der Waals surface area contributed by atoms with Gasteiger partial charge in [0.25, 0.3) is 0 Å². The Morgan fingerprint density at radius 3 is 0.543 bits per heavy atom. The molecule has 4 nitrogen and oxygen atoms in total. The molecule has 0 aliphatic carbocycles. The van der Waals surface area contributed by atoms with Crippen molar-refractivity contribution in [3.8, 4) is 0 Å². The topological polar surface area (TPSA) is 79.6 Å². The molecular weight excluding hydrogens is 514 g/mol. The van der Waals surface area contributed by atoms with E-state index in [1.165, 1.54) is 77.0 Å². The van der Waals surface area contributed by atoms with Crippen molar-refractivity contribution < 1.29 is 36.0 Å². The Morgan fingerprint density at radius 1 is 0.343 bits per heavy atom. The second-order valence-corrected chi connectivity index (χ2v) is 14.1. The van der Waals surface area contributed by atoms with Crippen LogP contribution in [-0.2, 0) is 36.0 Å². The molecule has 0 fully saturated rings. The van der Waals surface area contributed by atoms with E-state index in [-0.39, 0.29) is 33.2 Å². The van der Waals surface area contributed by atoms with Crippen LogP contribution < -0.4 is 0 Å². The smallest absolute Gasteiger partial charge is 0 e. The normalized spacial score (nSPS) is 8.46. The third-order valence-corrected chi connectivity index (χ3v) is 11.7. The van der Waals surface area contributed by atoms with Gasteiger partial charge in [0.05, 0.1) is 37.0 Å². The van der Waals surface area contributed by atoms with E-state index in [0.29, 0.717) is 0 Å². The van der Waals surface area contributed by atoms with Gasteiger partial charge in [0, 0.05) is 33.2 Å². The van der Waals surface area contributed by atoms with Crippen molar-refractivity contribution in [2.24, 2.45) is 0 Å². The van der Waals surface area contributed by atoms with Crippen LogP contribution >= 0.6 is 15.8 Å².